The topological polar surface area (TPSA) is 9.23 Å². The highest BCUT2D eigenvalue weighted by Crippen LogP contribution is 2.43. The third kappa shape index (κ3) is 3.60. The number of hydrogen-bond acceptors (Lipinski definition) is 1. The molecule has 0 spiro atoms. The summed E-state index contributed by atoms with van der Waals surface area (Å²) in [4.78, 5) is -0.756. The van der Waals surface area contributed by atoms with Crippen LogP contribution in [0, 0.1) is 0 Å². The molecule has 4 aromatic rings. The lowest BCUT2D eigenvalue weighted by Crippen LogP contribution is -2.22. The summed E-state index contributed by atoms with van der Waals surface area (Å²) in [6, 6.07) is 38.1. The second-order valence-corrected chi connectivity index (χ2v) is 6.90. The molecular formula is C25H19ClO. The number of ether oxygens (including phenoxy) is 1. The van der Waals surface area contributed by atoms with E-state index in [4.69, 9.17) is 16.3 Å². The predicted molar refractivity (Wildman–Crippen MR) is 112 cm³/mol. The first-order valence-electron chi connectivity index (χ1n) is 8.90. The van der Waals surface area contributed by atoms with Gasteiger partial charge in [-0.25, -0.2) is 0 Å². The molecule has 27 heavy (non-hydrogen) atoms. The van der Waals surface area contributed by atoms with Gasteiger partial charge < -0.3 is 4.74 Å². The first-order chi connectivity index (χ1) is 13.3. The molecule has 0 fully saturated rings. The lowest BCUT2D eigenvalue weighted by molar-refractivity contribution is 0.482. The van der Waals surface area contributed by atoms with Crippen molar-refractivity contribution in [3.8, 4) is 11.5 Å². The summed E-state index contributed by atoms with van der Waals surface area (Å²) in [7, 11) is 0. The van der Waals surface area contributed by atoms with Gasteiger partial charge in [-0.1, -0.05) is 91.0 Å². The van der Waals surface area contributed by atoms with E-state index in [1.807, 2.05) is 91.0 Å². The zero-order valence-electron chi connectivity index (χ0n) is 14.8. The van der Waals surface area contributed by atoms with E-state index in [2.05, 4.69) is 24.3 Å². The number of para-hydroxylation sites is 1. The van der Waals surface area contributed by atoms with Gasteiger partial charge in [0.2, 0.25) is 0 Å². The van der Waals surface area contributed by atoms with Crippen LogP contribution in [0.4, 0.5) is 0 Å². The van der Waals surface area contributed by atoms with Crippen molar-refractivity contribution in [2.75, 3.05) is 0 Å². The fourth-order valence-corrected chi connectivity index (χ4v) is 3.59. The Labute approximate surface area is 164 Å². The fraction of sp³-hybridized carbons (Fsp3) is 0.0400. The minimum absolute atomic E-state index is 0.756. The second kappa shape index (κ2) is 7.69. The second-order valence-electron chi connectivity index (χ2n) is 6.33. The normalized spacial score (nSPS) is 11.1. The molecule has 0 heterocycles. The lowest BCUT2D eigenvalue weighted by atomic mass is 9.84. The van der Waals surface area contributed by atoms with E-state index in [1.54, 1.807) is 0 Å². The first kappa shape index (κ1) is 17.4. The molecular weight excluding hydrogens is 352 g/mol. The van der Waals surface area contributed by atoms with Crippen LogP contribution < -0.4 is 4.74 Å². The molecule has 0 saturated carbocycles. The molecule has 0 aliphatic rings. The van der Waals surface area contributed by atoms with Gasteiger partial charge in [0.15, 0.2) is 0 Å². The largest absolute Gasteiger partial charge is 0.457 e. The van der Waals surface area contributed by atoms with E-state index in [-0.39, 0.29) is 0 Å². The van der Waals surface area contributed by atoms with Gasteiger partial charge in [0, 0.05) is 0 Å². The molecule has 4 rings (SSSR count). The maximum Gasteiger partial charge on any atom is 0.127 e. The Morgan fingerprint density at radius 1 is 0.444 bits per heavy atom. The minimum Gasteiger partial charge on any atom is -0.457 e. The highest BCUT2D eigenvalue weighted by atomic mass is 35.5. The number of benzene rings is 4. The van der Waals surface area contributed by atoms with Crippen molar-refractivity contribution in [3.63, 3.8) is 0 Å². The maximum absolute atomic E-state index is 7.29. The van der Waals surface area contributed by atoms with E-state index >= 15 is 0 Å². The molecule has 132 valence electrons. The molecule has 0 bridgehead atoms. The Morgan fingerprint density at radius 3 is 1.30 bits per heavy atom. The van der Waals surface area contributed by atoms with E-state index in [0.717, 1.165) is 28.2 Å². The van der Waals surface area contributed by atoms with Crippen molar-refractivity contribution in [2.24, 2.45) is 0 Å². The summed E-state index contributed by atoms with van der Waals surface area (Å²) in [6.07, 6.45) is 0. The molecule has 0 saturated heterocycles. The number of alkyl halides is 1. The van der Waals surface area contributed by atoms with Crippen LogP contribution in [0.1, 0.15) is 16.7 Å². The standard InChI is InChI=1S/C25H19ClO/c26-25(20-10-4-1-5-11-20,21-12-6-2-7-13-21)22-16-18-24(19-17-22)27-23-14-8-3-9-15-23/h1-19H. The van der Waals surface area contributed by atoms with Gasteiger partial charge in [-0.3, -0.25) is 0 Å². The SMILES string of the molecule is ClC(c1ccccc1)(c1ccccc1)c1ccc(Oc2ccccc2)cc1. The van der Waals surface area contributed by atoms with Crippen molar-refractivity contribution in [1.29, 1.82) is 0 Å². The molecule has 2 heteroatoms. The van der Waals surface area contributed by atoms with Crippen LogP contribution in [0.15, 0.2) is 115 Å². The van der Waals surface area contributed by atoms with Gasteiger partial charge in [0.25, 0.3) is 0 Å². The third-order valence-corrected chi connectivity index (χ3v) is 5.23. The molecule has 0 radical (unpaired) electrons. The summed E-state index contributed by atoms with van der Waals surface area (Å²) >= 11 is 7.29. The van der Waals surface area contributed by atoms with Crippen LogP contribution in [-0.4, -0.2) is 0 Å². The van der Waals surface area contributed by atoms with Crippen LogP contribution in [0.5, 0.6) is 11.5 Å². The monoisotopic (exact) mass is 370 g/mol. The van der Waals surface area contributed by atoms with Crippen LogP contribution in [0.25, 0.3) is 0 Å². The van der Waals surface area contributed by atoms with Crippen molar-refractivity contribution in [3.05, 3.63) is 132 Å². The Hall–Kier alpha value is -3.03. The zero-order valence-corrected chi connectivity index (χ0v) is 15.5. The minimum atomic E-state index is -0.756. The average molecular weight is 371 g/mol. The predicted octanol–water partition coefficient (Wildman–Crippen LogP) is 7.01. The number of hydrogen-bond donors (Lipinski definition) is 0. The van der Waals surface area contributed by atoms with E-state index in [1.165, 1.54) is 0 Å². The summed E-state index contributed by atoms with van der Waals surface area (Å²) in [5.74, 6) is 1.60. The van der Waals surface area contributed by atoms with Crippen molar-refractivity contribution >= 4 is 11.6 Å². The van der Waals surface area contributed by atoms with Crippen LogP contribution in [-0.2, 0) is 4.87 Å². The van der Waals surface area contributed by atoms with Crippen molar-refractivity contribution in [1.82, 2.24) is 0 Å². The van der Waals surface area contributed by atoms with Crippen LogP contribution >= 0.6 is 11.6 Å². The molecule has 4 aromatic carbocycles. The number of halogens is 1. The Morgan fingerprint density at radius 2 is 0.815 bits per heavy atom. The quantitative estimate of drug-likeness (QED) is 0.271. The molecule has 0 aromatic heterocycles. The zero-order chi connectivity index (χ0) is 18.5. The van der Waals surface area contributed by atoms with E-state index in [0.29, 0.717) is 0 Å². The summed E-state index contributed by atoms with van der Waals surface area (Å²) in [5.41, 5.74) is 3.08. The van der Waals surface area contributed by atoms with E-state index < -0.39 is 4.87 Å². The Bertz CT molecular complexity index is 941. The molecule has 0 aliphatic carbocycles. The summed E-state index contributed by atoms with van der Waals surface area (Å²) in [6.45, 7) is 0. The van der Waals surface area contributed by atoms with Gasteiger partial charge in [-0.05, 0) is 41.0 Å². The molecule has 0 unspecified atom stereocenters. The van der Waals surface area contributed by atoms with Crippen LogP contribution in [0.2, 0.25) is 0 Å². The highest BCUT2D eigenvalue weighted by Gasteiger charge is 2.33. The van der Waals surface area contributed by atoms with Gasteiger partial charge >= 0.3 is 0 Å². The van der Waals surface area contributed by atoms with Gasteiger partial charge in [-0.2, -0.15) is 0 Å². The van der Waals surface area contributed by atoms with Gasteiger partial charge in [0.1, 0.15) is 16.4 Å². The lowest BCUT2D eigenvalue weighted by Gasteiger charge is -2.29. The van der Waals surface area contributed by atoms with Gasteiger partial charge in [0.05, 0.1) is 0 Å². The van der Waals surface area contributed by atoms with Crippen molar-refractivity contribution < 1.29 is 4.74 Å². The molecule has 0 atom stereocenters. The first-order valence-corrected chi connectivity index (χ1v) is 9.28. The molecule has 1 nitrogen and oxygen atoms in total. The van der Waals surface area contributed by atoms with Crippen molar-refractivity contribution in [2.45, 2.75) is 4.87 Å². The Balaban J connectivity index is 1.73. The number of rotatable bonds is 5. The average Bonchev–Trinajstić information content (AvgIpc) is 2.76. The van der Waals surface area contributed by atoms with E-state index in [9.17, 15) is 0 Å². The fourth-order valence-electron chi connectivity index (χ4n) is 3.21. The summed E-state index contributed by atoms with van der Waals surface area (Å²) < 4.78 is 5.91. The molecule has 0 aliphatic heterocycles. The summed E-state index contributed by atoms with van der Waals surface area (Å²) in [5, 5.41) is 0. The maximum atomic E-state index is 7.29. The molecule has 0 amide bonds. The molecule has 0 N–H and O–H groups in total. The smallest absolute Gasteiger partial charge is 0.127 e. The van der Waals surface area contributed by atoms with Crippen LogP contribution in [0.3, 0.4) is 0 Å². The Kier molecular flexibility index (Phi) is 4.95. The highest BCUT2D eigenvalue weighted by molar-refractivity contribution is 6.28. The third-order valence-electron chi connectivity index (χ3n) is 4.57. The van der Waals surface area contributed by atoms with Gasteiger partial charge in [-0.15, -0.1) is 11.6 Å².